The molecule has 1 atom stereocenters. The average Bonchev–Trinajstić information content (AvgIpc) is 3.12. The van der Waals surface area contributed by atoms with E-state index in [0.717, 1.165) is 42.8 Å². The number of hydrogen-bond acceptors (Lipinski definition) is 5. The van der Waals surface area contributed by atoms with Gasteiger partial charge in [0.15, 0.2) is 5.13 Å². The van der Waals surface area contributed by atoms with Crippen LogP contribution < -0.4 is 4.90 Å². The Bertz CT molecular complexity index is 849. The first-order valence-corrected chi connectivity index (χ1v) is 9.98. The monoisotopic (exact) mass is 372 g/mol. The van der Waals surface area contributed by atoms with E-state index in [4.69, 9.17) is 0 Å². The van der Waals surface area contributed by atoms with Crippen molar-refractivity contribution in [3.63, 3.8) is 0 Å². The molecule has 2 saturated heterocycles. The highest BCUT2D eigenvalue weighted by atomic mass is 32.1. The first-order chi connectivity index (χ1) is 12.5. The molecule has 138 valence electrons. The van der Waals surface area contributed by atoms with Gasteiger partial charge in [-0.15, -0.1) is 0 Å². The summed E-state index contributed by atoms with van der Waals surface area (Å²) in [6, 6.07) is 6.11. The van der Waals surface area contributed by atoms with Crippen molar-refractivity contribution in [1.29, 1.82) is 0 Å². The van der Waals surface area contributed by atoms with Crippen LogP contribution in [0, 0.1) is 12.8 Å². The van der Waals surface area contributed by atoms with Crippen molar-refractivity contribution < 1.29 is 9.59 Å². The zero-order chi connectivity index (χ0) is 18.3. The Kier molecular flexibility index (Phi) is 4.67. The smallest absolute Gasteiger partial charge is 0.229 e. The first kappa shape index (κ1) is 17.4. The first-order valence-electron chi connectivity index (χ1n) is 9.16. The summed E-state index contributed by atoms with van der Waals surface area (Å²) in [5.41, 5.74) is 2.09. The molecular weight excluding hydrogens is 348 g/mol. The van der Waals surface area contributed by atoms with Gasteiger partial charge in [-0.05, 0) is 44.6 Å². The summed E-state index contributed by atoms with van der Waals surface area (Å²) in [6.07, 6.45) is 1.28. The lowest BCUT2D eigenvalue weighted by molar-refractivity contribution is -0.135. The summed E-state index contributed by atoms with van der Waals surface area (Å²) < 4.78 is 1.08. The van der Waals surface area contributed by atoms with E-state index < -0.39 is 0 Å². The second-order valence-corrected chi connectivity index (χ2v) is 8.36. The van der Waals surface area contributed by atoms with Crippen LogP contribution in [0.5, 0.6) is 0 Å². The fourth-order valence-electron chi connectivity index (χ4n) is 3.72. The van der Waals surface area contributed by atoms with Gasteiger partial charge < -0.3 is 9.80 Å². The van der Waals surface area contributed by atoms with Crippen LogP contribution >= 0.6 is 11.3 Å². The van der Waals surface area contributed by atoms with Crippen LogP contribution in [0.3, 0.4) is 0 Å². The summed E-state index contributed by atoms with van der Waals surface area (Å²) >= 11 is 1.53. The number of likely N-dealkylation sites (N-methyl/N-ethyl adjacent to an activating group) is 1. The van der Waals surface area contributed by atoms with Crippen LogP contribution in [0.1, 0.15) is 18.4 Å². The number of benzene rings is 1. The van der Waals surface area contributed by atoms with E-state index >= 15 is 0 Å². The number of fused-ring (bicyclic) bond motifs is 1. The number of nitrogens with zero attached hydrogens (tertiary/aromatic N) is 4. The predicted octanol–water partition coefficient (Wildman–Crippen LogP) is 2.12. The van der Waals surface area contributed by atoms with Gasteiger partial charge in [0.25, 0.3) is 0 Å². The SMILES string of the molecule is Cc1ccc2nc(N3CC(C(=O)N4CCCN(C)CC4)CC3=O)sc2c1. The van der Waals surface area contributed by atoms with Gasteiger partial charge in [-0.2, -0.15) is 0 Å². The van der Waals surface area contributed by atoms with E-state index in [1.54, 1.807) is 4.90 Å². The molecule has 1 aromatic carbocycles. The van der Waals surface area contributed by atoms with Gasteiger partial charge in [-0.25, -0.2) is 4.98 Å². The van der Waals surface area contributed by atoms with Crippen LogP contribution in [0.15, 0.2) is 18.2 Å². The Morgan fingerprint density at radius 1 is 1.23 bits per heavy atom. The molecule has 0 saturated carbocycles. The fraction of sp³-hybridized carbons (Fsp3) is 0.526. The third-order valence-electron chi connectivity index (χ3n) is 5.27. The summed E-state index contributed by atoms with van der Waals surface area (Å²) in [7, 11) is 2.09. The van der Waals surface area contributed by atoms with Crippen molar-refractivity contribution in [2.24, 2.45) is 5.92 Å². The number of anilines is 1. The molecule has 4 rings (SSSR count). The maximum atomic E-state index is 12.9. The van der Waals surface area contributed by atoms with Crippen LogP contribution in [-0.2, 0) is 9.59 Å². The number of hydrogen-bond donors (Lipinski definition) is 0. The molecule has 2 fully saturated rings. The molecule has 0 bridgehead atoms. The third kappa shape index (κ3) is 3.33. The van der Waals surface area contributed by atoms with Gasteiger partial charge in [-0.3, -0.25) is 14.5 Å². The Labute approximate surface area is 157 Å². The number of thiazole rings is 1. The molecule has 2 aliphatic rings. The van der Waals surface area contributed by atoms with Crippen molar-refractivity contribution in [2.75, 3.05) is 44.7 Å². The molecule has 2 amide bonds. The molecule has 3 heterocycles. The number of rotatable bonds is 2. The lowest BCUT2D eigenvalue weighted by Crippen LogP contribution is -2.39. The summed E-state index contributed by atoms with van der Waals surface area (Å²) in [6.45, 7) is 5.95. The maximum absolute atomic E-state index is 12.9. The summed E-state index contributed by atoms with van der Waals surface area (Å²) in [4.78, 5) is 36.0. The molecule has 0 spiro atoms. The van der Waals surface area contributed by atoms with Crippen LogP contribution in [0.25, 0.3) is 10.2 Å². The van der Waals surface area contributed by atoms with E-state index in [1.165, 1.54) is 16.9 Å². The molecule has 7 heteroatoms. The van der Waals surface area contributed by atoms with Gasteiger partial charge in [0, 0.05) is 32.6 Å². The summed E-state index contributed by atoms with van der Waals surface area (Å²) in [5, 5.41) is 0.710. The molecule has 1 unspecified atom stereocenters. The number of aromatic nitrogens is 1. The number of carbonyl (C=O) groups excluding carboxylic acids is 2. The molecule has 2 aromatic rings. The fourth-order valence-corrected chi connectivity index (χ4v) is 4.81. The third-order valence-corrected chi connectivity index (χ3v) is 6.31. The van der Waals surface area contributed by atoms with E-state index in [-0.39, 0.29) is 17.7 Å². The summed E-state index contributed by atoms with van der Waals surface area (Å²) in [5.74, 6) is -0.126. The van der Waals surface area contributed by atoms with Crippen molar-refractivity contribution in [3.05, 3.63) is 23.8 Å². The Balaban J connectivity index is 1.49. The molecule has 26 heavy (non-hydrogen) atoms. The van der Waals surface area contributed by atoms with Crippen LogP contribution in [0.4, 0.5) is 5.13 Å². The minimum absolute atomic E-state index is 0.00562. The lowest BCUT2D eigenvalue weighted by Gasteiger charge is -2.23. The van der Waals surface area contributed by atoms with E-state index in [0.29, 0.717) is 18.1 Å². The minimum Gasteiger partial charge on any atom is -0.341 e. The van der Waals surface area contributed by atoms with E-state index in [9.17, 15) is 9.59 Å². The Morgan fingerprint density at radius 3 is 2.92 bits per heavy atom. The highest BCUT2D eigenvalue weighted by molar-refractivity contribution is 7.22. The van der Waals surface area contributed by atoms with E-state index in [1.807, 2.05) is 24.0 Å². The predicted molar refractivity (Wildman–Crippen MR) is 104 cm³/mol. The van der Waals surface area contributed by atoms with Crippen LogP contribution in [0.2, 0.25) is 0 Å². The largest absolute Gasteiger partial charge is 0.341 e. The van der Waals surface area contributed by atoms with Crippen molar-refractivity contribution in [2.45, 2.75) is 19.8 Å². The number of carbonyl (C=O) groups is 2. The van der Waals surface area contributed by atoms with Gasteiger partial charge in [-0.1, -0.05) is 17.4 Å². The Morgan fingerprint density at radius 2 is 2.08 bits per heavy atom. The highest BCUT2D eigenvalue weighted by Crippen LogP contribution is 2.33. The second-order valence-electron chi connectivity index (χ2n) is 7.36. The van der Waals surface area contributed by atoms with Gasteiger partial charge in [0.1, 0.15) is 0 Å². The molecule has 1 aromatic heterocycles. The van der Waals surface area contributed by atoms with Gasteiger partial charge >= 0.3 is 0 Å². The van der Waals surface area contributed by atoms with E-state index in [2.05, 4.69) is 23.0 Å². The minimum atomic E-state index is -0.250. The molecule has 0 N–H and O–H groups in total. The molecule has 2 aliphatic heterocycles. The molecule has 6 nitrogen and oxygen atoms in total. The van der Waals surface area contributed by atoms with Gasteiger partial charge in [0.05, 0.1) is 16.1 Å². The van der Waals surface area contributed by atoms with Crippen molar-refractivity contribution in [1.82, 2.24) is 14.8 Å². The zero-order valence-corrected chi connectivity index (χ0v) is 16.1. The van der Waals surface area contributed by atoms with Crippen molar-refractivity contribution >= 4 is 38.5 Å². The Hall–Kier alpha value is -1.99. The van der Waals surface area contributed by atoms with Crippen molar-refractivity contribution in [3.8, 4) is 0 Å². The normalized spacial score (nSPS) is 22.2. The molecular formula is C19H24N4O2S. The second kappa shape index (κ2) is 6.96. The maximum Gasteiger partial charge on any atom is 0.229 e. The lowest BCUT2D eigenvalue weighted by atomic mass is 10.1. The molecule has 0 aliphatic carbocycles. The van der Waals surface area contributed by atoms with Gasteiger partial charge in [0.2, 0.25) is 11.8 Å². The topological polar surface area (TPSA) is 56.8 Å². The van der Waals surface area contributed by atoms with Crippen LogP contribution in [-0.4, -0.2) is 66.4 Å². The molecule has 0 radical (unpaired) electrons. The zero-order valence-electron chi connectivity index (χ0n) is 15.3. The number of aryl methyl sites for hydroxylation is 1. The highest BCUT2D eigenvalue weighted by Gasteiger charge is 2.38. The number of amides is 2. The quantitative estimate of drug-likeness (QED) is 0.810. The average molecular weight is 372 g/mol. The standard InChI is InChI=1S/C19H24N4O2S/c1-13-4-5-15-16(10-13)26-19(20-15)23-12-14(11-17(23)24)18(25)22-7-3-6-21(2)8-9-22/h4-5,10,14H,3,6-9,11-12H2,1-2H3.